The fourth-order valence-corrected chi connectivity index (χ4v) is 3.54. The number of benzene rings is 2. The summed E-state index contributed by atoms with van der Waals surface area (Å²) in [5.74, 6) is -2.78. The van der Waals surface area contributed by atoms with E-state index >= 15 is 0 Å². The van der Waals surface area contributed by atoms with Crippen LogP contribution in [0.2, 0.25) is 0 Å². The third kappa shape index (κ3) is 3.73. The topological polar surface area (TPSA) is 186 Å². The molecule has 11 heteroatoms. The minimum atomic E-state index is -1.69. The molecule has 7 N–H and O–H groups in total. The molecular weight excluding hydrogens is 416 g/mol. The number of carbonyl (C=O) groups is 1. The van der Waals surface area contributed by atoms with Gasteiger partial charge in [0.2, 0.25) is 5.78 Å². The Hall–Kier alpha value is -3.09. The maximum atomic E-state index is 13.2. The Bertz CT molecular complexity index is 1010. The predicted octanol–water partition coefficient (Wildman–Crippen LogP) is -0.350. The Morgan fingerprint density at radius 2 is 1.65 bits per heavy atom. The summed E-state index contributed by atoms with van der Waals surface area (Å²) in [6.45, 7) is -0.370. The molecule has 2 heterocycles. The molecule has 0 aliphatic carbocycles. The number of ketones is 1. The highest BCUT2D eigenvalue weighted by Gasteiger charge is 2.46. The van der Waals surface area contributed by atoms with Crippen molar-refractivity contribution in [3.8, 4) is 28.7 Å². The average Bonchev–Trinajstić information content (AvgIpc) is 2.71. The van der Waals surface area contributed by atoms with Crippen LogP contribution < -0.4 is 4.74 Å². The number of phenolic OH excluding ortho intramolecular Hbond substituents is 4. The van der Waals surface area contributed by atoms with Gasteiger partial charge in [0.25, 0.3) is 0 Å². The standard InChI is InChI=1S/C20H20O11/c21-8-4-11(24)14-13(5-8)30-18(7-1-2-9(22)10(23)3-7)19(16(14)27)31-20-17(28)15(26)12(25)6-29-20/h1-5,12,15,17-26,28H,6H2/t12-,15+,17-,18+,19-,20+/m0/s1. The predicted molar refractivity (Wildman–Crippen MR) is 99.9 cm³/mol. The van der Waals surface area contributed by atoms with Crippen molar-refractivity contribution >= 4 is 5.78 Å². The first-order chi connectivity index (χ1) is 14.7. The van der Waals surface area contributed by atoms with Crippen molar-refractivity contribution in [2.24, 2.45) is 0 Å². The molecule has 2 aromatic carbocycles. The van der Waals surface area contributed by atoms with E-state index in [4.69, 9.17) is 14.2 Å². The van der Waals surface area contributed by atoms with Gasteiger partial charge < -0.3 is 50.0 Å². The molecule has 6 atom stereocenters. The van der Waals surface area contributed by atoms with E-state index in [0.29, 0.717) is 0 Å². The number of fused-ring (bicyclic) bond motifs is 1. The molecular formula is C20H20O11. The van der Waals surface area contributed by atoms with Crippen LogP contribution in [-0.4, -0.2) is 78.8 Å². The molecule has 2 aliphatic heterocycles. The monoisotopic (exact) mass is 436 g/mol. The summed E-state index contributed by atoms with van der Waals surface area (Å²) in [5.41, 5.74) is -0.0963. The van der Waals surface area contributed by atoms with Gasteiger partial charge in [-0.2, -0.15) is 0 Å². The Morgan fingerprint density at radius 1 is 0.903 bits per heavy atom. The van der Waals surface area contributed by atoms with E-state index in [1.807, 2.05) is 0 Å². The zero-order chi connectivity index (χ0) is 22.4. The second-order valence-electron chi connectivity index (χ2n) is 7.30. The number of ether oxygens (including phenoxy) is 3. The van der Waals surface area contributed by atoms with Crippen LogP contribution in [-0.2, 0) is 9.47 Å². The van der Waals surface area contributed by atoms with Gasteiger partial charge in [-0.15, -0.1) is 0 Å². The normalized spacial score (nSPS) is 30.5. The number of hydrogen-bond acceptors (Lipinski definition) is 11. The largest absolute Gasteiger partial charge is 0.508 e. The lowest BCUT2D eigenvalue weighted by atomic mass is 9.92. The van der Waals surface area contributed by atoms with Crippen LogP contribution in [0.15, 0.2) is 30.3 Å². The number of phenols is 4. The SMILES string of the molecule is O=C1c2c(O)cc(O)cc2O[C@H](c2ccc(O)c(O)c2)[C@H]1O[C@H]1OC[C@H](O)[C@@H](O)[C@@H]1O. The van der Waals surface area contributed by atoms with E-state index in [1.54, 1.807) is 0 Å². The van der Waals surface area contributed by atoms with Crippen molar-refractivity contribution in [3.05, 3.63) is 41.5 Å². The van der Waals surface area contributed by atoms with E-state index in [2.05, 4.69) is 0 Å². The number of aromatic hydroxyl groups is 4. The average molecular weight is 436 g/mol. The lowest BCUT2D eigenvalue weighted by Crippen LogP contribution is -2.56. The third-order valence-corrected chi connectivity index (χ3v) is 5.16. The molecule has 1 saturated heterocycles. The number of hydrogen-bond donors (Lipinski definition) is 7. The summed E-state index contributed by atoms with van der Waals surface area (Å²) >= 11 is 0. The van der Waals surface area contributed by atoms with Gasteiger partial charge in [-0.25, -0.2) is 0 Å². The van der Waals surface area contributed by atoms with Gasteiger partial charge in [-0.05, 0) is 17.7 Å². The Kier molecular flexibility index (Phi) is 5.37. The second kappa shape index (κ2) is 7.87. The summed E-state index contributed by atoms with van der Waals surface area (Å²) in [6, 6.07) is 5.71. The molecule has 2 aromatic rings. The van der Waals surface area contributed by atoms with E-state index in [9.17, 15) is 40.5 Å². The smallest absolute Gasteiger partial charge is 0.203 e. The van der Waals surface area contributed by atoms with Crippen molar-refractivity contribution in [2.75, 3.05) is 6.61 Å². The lowest BCUT2D eigenvalue weighted by molar-refractivity contribution is -0.283. The maximum absolute atomic E-state index is 13.2. The molecule has 31 heavy (non-hydrogen) atoms. The summed E-state index contributed by atoms with van der Waals surface area (Å²) < 4.78 is 16.6. The Balaban J connectivity index is 1.74. The lowest BCUT2D eigenvalue weighted by Gasteiger charge is -2.39. The van der Waals surface area contributed by atoms with Crippen molar-refractivity contribution in [2.45, 2.75) is 36.8 Å². The van der Waals surface area contributed by atoms with Crippen LogP contribution in [0, 0.1) is 0 Å². The molecule has 11 nitrogen and oxygen atoms in total. The van der Waals surface area contributed by atoms with E-state index in [-0.39, 0.29) is 29.2 Å². The third-order valence-electron chi connectivity index (χ3n) is 5.16. The highest BCUT2D eigenvalue weighted by molar-refractivity contribution is 6.05. The van der Waals surface area contributed by atoms with Crippen molar-refractivity contribution in [1.29, 1.82) is 0 Å². The van der Waals surface area contributed by atoms with Gasteiger partial charge in [0.1, 0.15) is 41.1 Å². The number of carbonyl (C=O) groups excluding carboxylic acids is 1. The number of aliphatic hydroxyl groups is 3. The molecule has 0 unspecified atom stereocenters. The minimum absolute atomic E-state index is 0.152. The zero-order valence-electron chi connectivity index (χ0n) is 15.8. The Morgan fingerprint density at radius 3 is 2.35 bits per heavy atom. The Labute approximate surface area is 174 Å². The zero-order valence-corrected chi connectivity index (χ0v) is 15.8. The van der Waals surface area contributed by atoms with Crippen molar-refractivity contribution in [1.82, 2.24) is 0 Å². The maximum Gasteiger partial charge on any atom is 0.203 e. The van der Waals surface area contributed by atoms with Gasteiger partial charge >= 0.3 is 0 Å². The van der Waals surface area contributed by atoms with Crippen LogP contribution in [0.1, 0.15) is 22.0 Å². The highest BCUT2D eigenvalue weighted by Crippen LogP contribution is 2.44. The minimum Gasteiger partial charge on any atom is -0.508 e. The molecule has 0 radical (unpaired) electrons. The van der Waals surface area contributed by atoms with Gasteiger partial charge in [-0.3, -0.25) is 4.79 Å². The second-order valence-corrected chi connectivity index (χ2v) is 7.30. The van der Waals surface area contributed by atoms with Gasteiger partial charge in [0.05, 0.1) is 6.61 Å². The van der Waals surface area contributed by atoms with Gasteiger partial charge in [-0.1, -0.05) is 6.07 Å². The van der Waals surface area contributed by atoms with Crippen molar-refractivity contribution in [3.63, 3.8) is 0 Å². The molecule has 2 aliphatic rings. The molecule has 1 fully saturated rings. The van der Waals surface area contributed by atoms with E-state index < -0.39 is 59.8 Å². The van der Waals surface area contributed by atoms with Crippen molar-refractivity contribution < 1.29 is 54.8 Å². The van der Waals surface area contributed by atoms with Crippen LogP contribution >= 0.6 is 0 Å². The van der Waals surface area contributed by atoms with Gasteiger partial charge in [0.15, 0.2) is 30.0 Å². The molecule has 0 amide bonds. The molecule has 166 valence electrons. The van der Waals surface area contributed by atoms with Crippen LogP contribution in [0.5, 0.6) is 28.7 Å². The first kappa shape index (κ1) is 21.2. The number of aliphatic hydroxyl groups excluding tert-OH is 3. The molecule has 0 spiro atoms. The molecule has 4 rings (SSSR count). The fraction of sp³-hybridized carbons (Fsp3) is 0.350. The first-order valence-electron chi connectivity index (χ1n) is 9.27. The fourth-order valence-electron chi connectivity index (χ4n) is 3.54. The van der Waals surface area contributed by atoms with E-state index in [1.165, 1.54) is 6.07 Å². The summed E-state index contributed by atoms with van der Waals surface area (Å²) in [7, 11) is 0. The first-order valence-corrected chi connectivity index (χ1v) is 9.27. The molecule has 0 aromatic heterocycles. The summed E-state index contributed by atoms with van der Waals surface area (Å²) in [4.78, 5) is 13.2. The van der Waals surface area contributed by atoms with E-state index in [0.717, 1.165) is 24.3 Å². The number of rotatable bonds is 3. The molecule has 0 saturated carbocycles. The van der Waals surface area contributed by atoms with Crippen LogP contribution in [0.4, 0.5) is 0 Å². The quantitative estimate of drug-likeness (QED) is 0.312. The summed E-state index contributed by atoms with van der Waals surface area (Å²) in [5, 5.41) is 69.0. The summed E-state index contributed by atoms with van der Waals surface area (Å²) in [6.07, 6.45) is -8.95. The number of Topliss-reactive ketones (excluding diaryl/α,β-unsaturated/α-hetero) is 1. The van der Waals surface area contributed by atoms with Crippen LogP contribution in [0.25, 0.3) is 0 Å². The molecule has 0 bridgehead atoms. The van der Waals surface area contributed by atoms with Crippen LogP contribution in [0.3, 0.4) is 0 Å². The van der Waals surface area contributed by atoms with Gasteiger partial charge in [0, 0.05) is 12.1 Å². The highest BCUT2D eigenvalue weighted by atomic mass is 16.7.